The quantitative estimate of drug-likeness (QED) is 0.456. The number of aryl methyl sites for hydroxylation is 1. The second-order valence-corrected chi connectivity index (χ2v) is 9.48. The molecule has 36 heavy (non-hydrogen) atoms. The van der Waals surface area contributed by atoms with Crippen molar-refractivity contribution in [1.82, 2.24) is 10.2 Å². The smallest absolute Gasteiger partial charge is 0.258 e. The van der Waals surface area contributed by atoms with Crippen molar-refractivity contribution in [3.63, 3.8) is 0 Å². The molecule has 1 aliphatic rings. The maximum absolute atomic E-state index is 13.8. The predicted molar refractivity (Wildman–Crippen MR) is 142 cm³/mol. The predicted octanol–water partition coefficient (Wildman–Crippen LogP) is 5.13. The first-order valence-electron chi connectivity index (χ1n) is 12.7. The maximum Gasteiger partial charge on any atom is 0.258 e. The van der Waals surface area contributed by atoms with Crippen LogP contribution in [0.1, 0.15) is 46.3 Å². The molecule has 0 atom stereocenters. The molecule has 3 aromatic carbocycles. The molecule has 0 unspecified atom stereocenters. The third-order valence-electron chi connectivity index (χ3n) is 6.59. The number of piperidine rings is 1. The third-order valence-corrected chi connectivity index (χ3v) is 6.59. The standard InChI is InChI=1S/C30H34FN3O2/c1-23-8-10-25(11-9-23)22-34(30(36)26-6-5-7-27(31)21-26)28-14-12-24(13-15-28)20-29(35)32-16-19-33-17-3-2-4-18-33/h5-15,21H,2-4,16-20,22H2,1H3,(H,32,35). The zero-order chi connectivity index (χ0) is 25.3. The number of nitrogens with one attached hydrogen (secondary N) is 1. The zero-order valence-electron chi connectivity index (χ0n) is 20.9. The van der Waals surface area contributed by atoms with Crippen molar-refractivity contribution in [3.8, 4) is 0 Å². The number of carbonyl (C=O) groups excluding carboxylic acids is 2. The van der Waals surface area contributed by atoms with Gasteiger partial charge in [-0.3, -0.25) is 9.59 Å². The van der Waals surface area contributed by atoms with Crippen LogP contribution in [0.25, 0.3) is 0 Å². The van der Waals surface area contributed by atoms with Crippen LogP contribution in [0.3, 0.4) is 0 Å². The van der Waals surface area contributed by atoms with Crippen LogP contribution in [0, 0.1) is 12.7 Å². The second-order valence-electron chi connectivity index (χ2n) is 9.48. The minimum Gasteiger partial charge on any atom is -0.355 e. The second kappa shape index (κ2) is 12.5. The SMILES string of the molecule is Cc1ccc(CN(C(=O)c2cccc(F)c2)c2ccc(CC(=O)NCCN3CCCCC3)cc2)cc1. The molecule has 0 aliphatic carbocycles. The fourth-order valence-electron chi connectivity index (χ4n) is 4.51. The molecule has 0 spiro atoms. The van der Waals surface area contributed by atoms with E-state index in [1.54, 1.807) is 17.0 Å². The highest BCUT2D eigenvalue weighted by molar-refractivity contribution is 6.06. The van der Waals surface area contributed by atoms with E-state index >= 15 is 0 Å². The number of amides is 2. The first kappa shape index (κ1) is 25.6. The Morgan fingerprint density at radius 2 is 1.61 bits per heavy atom. The minimum absolute atomic E-state index is 0.00731. The van der Waals surface area contributed by atoms with Gasteiger partial charge in [0.2, 0.25) is 5.91 Å². The Morgan fingerprint density at radius 3 is 2.31 bits per heavy atom. The molecule has 1 heterocycles. The summed E-state index contributed by atoms with van der Waals surface area (Å²) in [6, 6.07) is 21.2. The summed E-state index contributed by atoms with van der Waals surface area (Å²) in [6.45, 7) is 6.15. The molecule has 1 aliphatic heterocycles. The summed E-state index contributed by atoms with van der Waals surface area (Å²) in [5.74, 6) is -0.733. The molecule has 2 amide bonds. The molecule has 5 nitrogen and oxygen atoms in total. The molecule has 1 fully saturated rings. The van der Waals surface area contributed by atoms with Gasteiger partial charge in [0, 0.05) is 24.3 Å². The van der Waals surface area contributed by atoms with Gasteiger partial charge >= 0.3 is 0 Å². The summed E-state index contributed by atoms with van der Waals surface area (Å²) < 4.78 is 13.8. The van der Waals surface area contributed by atoms with Gasteiger partial charge in [-0.1, -0.05) is 54.4 Å². The normalized spacial score (nSPS) is 13.8. The minimum atomic E-state index is -0.446. The summed E-state index contributed by atoms with van der Waals surface area (Å²) in [7, 11) is 0. The molecular weight excluding hydrogens is 453 g/mol. The molecule has 1 saturated heterocycles. The molecule has 0 radical (unpaired) electrons. The number of anilines is 1. The van der Waals surface area contributed by atoms with Crippen molar-refractivity contribution in [2.75, 3.05) is 31.1 Å². The number of nitrogens with zero attached hydrogens (tertiary/aromatic N) is 2. The van der Waals surface area contributed by atoms with Crippen LogP contribution in [0.5, 0.6) is 0 Å². The summed E-state index contributed by atoms with van der Waals surface area (Å²) >= 11 is 0. The number of halogens is 1. The van der Waals surface area contributed by atoms with Crippen LogP contribution in [0.2, 0.25) is 0 Å². The van der Waals surface area contributed by atoms with Crippen molar-refractivity contribution in [3.05, 3.63) is 101 Å². The van der Waals surface area contributed by atoms with Gasteiger partial charge in [0.05, 0.1) is 13.0 Å². The van der Waals surface area contributed by atoms with Gasteiger partial charge < -0.3 is 15.1 Å². The van der Waals surface area contributed by atoms with Crippen molar-refractivity contribution < 1.29 is 14.0 Å². The van der Waals surface area contributed by atoms with Crippen LogP contribution in [-0.2, 0) is 17.8 Å². The summed E-state index contributed by atoms with van der Waals surface area (Å²) in [6.07, 6.45) is 4.07. The lowest BCUT2D eigenvalue weighted by Crippen LogP contribution is -2.38. The van der Waals surface area contributed by atoms with E-state index in [9.17, 15) is 14.0 Å². The van der Waals surface area contributed by atoms with E-state index in [1.165, 1.54) is 31.4 Å². The average Bonchev–Trinajstić information content (AvgIpc) is 2.89. The molecule has 0 saturated carbocycles. The van der Waals surface area contributed by atoms with Gasteiger partial charge in [0.1, 0.15) is 5.82 Å². The molecule has 0 aromatic heterocycles. The summed E-state index contributed by atoms with van der Waals surface area (Å²) in [4.78, 5) is 29.8. The number of likely N-dealkylation sites (tertiary alicyclic amines) is 1. The maximum atomic E-state index is 13.8. The van der Waals surface area contributed by atoms with Crippen molar-refractivity contribution in [2.24, 2.45) is 0 Å². The largest absolute Gasteiger partial charge is 0.355 e. The van der Waals surface area contributed by atoms with E-state index in [1.807, 2.05) is 55.5 Å². The van der Waals surface area contributed by atoms with Gasteiger partial charge in [-0.2, -0.15) is 0 Å². The third kappa shape index (κ3) is 7.25. The highest BCUT2D eigenvalue weighted by atomic mass is 19.1. The number of rotatable bonds is 9. The van der Waals surface area contributed by atoms with Gasteiger partial charge in [0.15, 0.2) is 0 Å². The van der Waals surface area contributed by atoms with Gasteiger partial charge in [-0.05, 0) is 74.3 Å². The van der Waals surface area contributed by atoms with E-state index in [-0.39, 0.29) is 18.2 Å². The lowest BCUT2D eigenvalue weighted by atomic mass is 10.1. The molecule has 0 bridgehead atoms. The zero-order valence-corrected chi connectivity index (χ0v) is 20.9. The van der Waals surface area contributed by atoms with E-state index in [0.717, 1.165) is 36.3 Å². The number of hydrogen-bond donors (Lipinski definition) is 1. The fourth-order valence-corrected chi connectivity index (χ4v) is 4.51. The molecule has 4 rings (SSSR count). The summed E-state index contributed by atoms with van der Waals surface area (Å²) in [5, 5.41) is 3.02. The number of hydrogen-bond acceptors (Lipinski definition) is 3. The van der Waals surface area contributed by atoms with E-state index in [2.05, 4.69) is 10.2 Å². The first-order chi connectivity index (χ1) is 17.5. The molecular formula is C30H34FN3O2. The van der Waals surface area contributed by atoms with Crippen LogP contribution >= 0.6 is 0 Å². The Kier molecular flexibility index (Phi) is 8.85. The average molecular weight is 488 g/mol. The Morgan fingerprint density at radius 1 is 0.917 bits per heavy atom. The van der Waals surface area contributed by atoms with Crippen LogP contribution < -0.4 is 10.2 Å². The van der Waals surface area contributed by atoms with Crippen LogP contribution in [-0.4, -0.2) is 42.9 Å². The van der Waals surface area contributed by atoms with Gasteiger partial charge in [-0.15, -0.1) is 0 Å². The highest BCUT2D eigenvalue weighted by Gasteiger charge is 2.19. The number of benzene rings is 3. The molecule has 188 valence electrons. The molecule has 3 aromatic rings. The molecule has 1 N–H and O–H groups in total. The Bertz CT molecular complexity index is 1160. The van der Waals surface area contributed by atoms with Gasteiger partial charge in [-0.25, -0.2) is 4.39 Å². The van der Waals surface area contributed by atoms with Gasteiger partial charge in [0.25, 0.3) is 5.91 Å². The van der Waals surface area contributed by atoms with Crippen LogP contribution in [0.15, 0.2) is 72.8 Å². The lowest BCUT2D eigenvalue weighted by molar-refractivity contribution is -0.120. The topological polar surface area (TPSA) is 52.7 Å². The fraction of sp³-hybridized carbons (Fsp3) is 0.333. The van der Waals surface area contributed by atoms with E-state index < -0.39 is 5.82 Å². The lowest BCUT2D eigenvalue weighted by Gasteiger charge is -2.26. The van der Waals surface area contributed by atoms with E-state index in [4.69, 9.17) is 0 Å². The monoisotopic (exact) mass is 487 g/mol. The van der Waals surface area contributed by atoms with E-state index in [0.29, 0.717) is 24.3 Å². The van der Waals surface area contributed by atoms with Crippen LogP contribution in [0.4, 0.5) is 10.1 Å². The highest BCUT2D eigenvalue weighted by Crippen LogP contribution is 2.22. The Labute approximate surface area is 212 Å². The van der Waals surface area contributed by atoms with Crippen molar-refractivity contribution in [1.29, 1.82) is 0 Å². The first-order valence-corrected chi connectivity index (χ1v) is 12.7. The Balaban J connectivity index is 1.42. The summed E-state index contributed by atoms with van der Waals surface area (Å²) in [5.41, 5.74) is 3.98. The Hall–Kier alpha value is -3.51. The van der Waals surface area contributed by atoms with Crippen molar-refractivity contribution >= 4 is 17.5 Å². The molecule has 6 heteroatoms. The van der Waals surface area contributed by atoms with Crippen molar-refractivity contribution in [2.45, 2.75) is 39.2 Å². The number of carbonyl (C=O) groups is 2.